The van der Waals surface area contributed by atoms with Crippen LogP contribution in [-0.2, 0) is 16.0 Å². The van der Waals surface area contributed by atoms with Crippen LogP contribution in [0, 0.1) is 23.4 Å². The molecule has 0 radical (unpaired) electrons. The molecule has 20 heavy (non-hydrogen) atoms. The fourth-order valence-corrected chi connectivity index (χ4v) is 2.16. The van der Waals surface area contributed by atoms with Crippen molar-refractivity contribution in [2.75, 3.05) is 13.1 Å². The average molecular weight is 287 g/mol. The van der Waals surface area contributed by atoms with Gasteiger partial charge in [-0.1, -0.05) is 0 Å². The summed E-state index contributed by atoms with van der Waals surface area (Å²) < 4.78 is 39.2. The third-order valence-corrected chi connectivity index (χ3v) is 3.32. The van der Waals surface area contributed by atoms with Gasteiger partial charge in [-0.05, 0) is 12.5 Å². The summed E-state index contributed by atoms with van der Waals surface area (Å²) in [5.41, 5.74) is -0.243. The first-order valence-electron chi connectivity index (χ1n) is 6.02. The molecule has 0 unspecified atom stereocenters. The minimum atomic E-state index is -1.31. The van der Waals surface area contributed by atoms with Gasteiger partial charge in [0.25, 0.3) is 0 Å². The SMILES string of the molecule is O=C(O)[C@@H]1CCN(C(=O)Cc2cc(F)c(F)cc2F)C1. The van der Waals surface area contributed by atoms with Gasteiger partial charge in [-0.15, -0.1) is 0 Å². The lowest BCUT2D eigenvalue weighted by Gasteiger charge is -2.16. The third-order valence-electron chi connectivity index (χ3n) is 3.32. The molecule has 1 aromatic rings. The lowest BCUT2D eigenvalue weighted by molar-refractivity contribution is -0.141. The first-order chi connectivity index (χ1) is 9.38. The molecular formula is C13H12F3NO3. The summed E-state index contributed by atoms with van der Waals surface area (Å²) >= 11 is 0. The smallest absolute Gasteiger partial charge is 0.308 e. The van der Waals surface area contributed by atoms with Crippen LogP contribution in [-0.4, -0.2) is 35.0 Å². The summed E-state index contributed by atoms with van der Waals surface area (Å²) in [6, 6.07) is 1.04. The van der Waals surface area contributed by atoms with Crippen LogP contribution in [0.15, 0.2) is 12.1 Å². The summed E-state index contributed by atoms with van der Waals surface area (Å²) in [6.45, 7) is 0.320. The summed E-state index contributed by atoms with van der Waals surface area (Å²) in [5, 5.41) is 8.82. The molecule has 1 aliphatic rings. The Balaban J connectivity index is 2.06. The van der Waals surface area contributed by atoms with Crippen LogP contribution >= 0.6 is 0 Å². The molecule has 0 spiro atoms. The second-order valence-electron chi connectivity index (χ2n) is 4.70. The van der Waals surface area contributed by atoms with Crippen LogP contribution in [0.2, 0.25) is 0 Å². The number of aliphatic carboxylic acids is 1. The summed E-state index contributed by atoms with van der Waals surface area (Å²) in [7, 11) is 0. The number of halogens is 3. The van der Waals surface area contributed by atoms with Crippen molar-refractivity contribution < 1.29 is 27.9 Å². The molecule has 7 heteroatoms. The van der Waals surface area contributed by atoms with E-state index in [0.29, 0.717) is 18.6 Å². The van der Waals surface area contributed by atoms with Crippen molar-refractivity contribution in [3.05, 3.63) is 35.1 Å². The van der Waals surface area contributed by atoms with E-state index in [9.17, 15) is 22.8 Å². The quantitative estimate of drug-likeness (QED) is 0.859. The highest BCUT2D eigenvalue weighted by atomic mass is 19.2. The number of carbonyl (C=O) groups excluding carboxylic acids is 1. The van der Waals surface area contributed by atoms with Gasteiger partial charge in [0, 0.05) is 24.7 Å². The van der Waals surface area contributed by atoms with Gasteiger partial charge in [-0.2, -0.15) is 0 Å². The predicted molar refractivity (Wildman–Crippen MR) is 62.3 cm³/mol. The van der Waals surface area contributed by atoms with Crippen LogP contribution < -0.4 is 0 Å². The Morgan fingerprint density at radius 3 is 2.45 bits per heavy atom. The zero-order valence-corrected chi connectivity index (χ0v) is 10.4. The number of benzene rings is 1. The molecule has 0 bridgehead atoms. The molecule has 4 nitrogen and oxygen atoms in total. The van der Waals surface area contributed by atoms with E-state index in [1.807, 2.05) is 0 Å². The van der Waals surface area contributed by atoms with Crippen molar-refractivity contribution in [2.24, 2.45) is 5.92 Å². The highest BCUT2D eigenvalue weighted by Crippen LogP contribution is 2.19. The largest absolute Gasteiger partial charge is 0.481 e. The Hall–Kier alpha value is -2.05. The maximum atomic E-state index is 13.4. The number of likely N-dealkylation sites (tertiary alicyclic amines) is 1. The maximum absolute atomic E-state index is 13.4. The van der Waals surface area contributed by atoms with Crippen LogP contribution in [0.3, 0.4) is 0 Å². The molecule has 108 valence electrons. The summed E-state index contributed by atoms with van der Waals surface area (Å²) in [6.07, 6.45) is -0.0866. The van der Waals surface area contributed by atoms with Crippen molar-refractivity contribution in [1.82, 2.24) is 4.90 Å². The molecular weight excluding hydrogens is 275 g/mol. The maximum Gasteiger partial charge on any atom is 0.308 e. The standard InChI is InChI=1S/C13H12F3NO3/c14-9-5-11(16)10(15)3-8(9)4-12(18)17-2-1-7(6-17)13(19)20/h3,5,7H,1-2,4,6H2,(H,19,20)/t7-/m1/s1. The molecule has 0 saturated carbocycles. The average Bonchev–Trinajstić information content (AvgIpc) is 2.85. The number of hydrogen-bond donors (Lipinski definition) is 1. The zero-order valence-electron chi connectivity index (χ0n) is 10.4. The van der Waals surface area contributed by atoms with Gasteiger partial charge in [0.15, 0.2) is 11.6 Å². The number of carboxylic acids is 1. The normalized spacial score (nSPS) is 18.4. The molecule has 0 aliphatic carbocycles. The molecule has 1 saturated heterocycles. The third kappa shape index (κ3) is 2.92. The molecule has 1 amide bonds. The van der Waals surface area contributed by atoms with Crippen LogP contribution in [0.25, 0.3) is 0 Å². The number of rotatable bonds is 3. The predicted octanol–water partition coefficient (Wildman–Crippen LogP) is 1.58. The first kappa shape index (κ1) is 14.4. The Bertz CT molecular complexity index is 562. The van der Waals surface area contributed by atoms with E-state index < -0.39 is 41.7 Å². The molecule has 2 rings (SSSR count). The highest BCUT2D eigenvalue weighted by Gasteiger charge is 2.31. The van der Waals surface area contributed by atoms with E-state index >= 15 is 0 Å². The van der Waals surface area contributed by atoms with Gasteiger partial charge in [-0.3, -0.25) is 9.59 Å². The monoisotopic (exact) mass is 287 g/mol. The topological polar surface area (TPSA) is 57.6 Å². The fraction of sp³-hybridized carbons (Fsp3) is 0.385. The molecule has 1 fully saturated rings. The zero-order chi connectivity index (χ0) is 14.9. The number of hydrogen-bond acceptors (Lipinski definition) is 2. The van der Waals surface area contributed by atoms with Gasteiger partial charge in [-0.25, -0.2) is 13.2 Å². The molecule has 0 aromatic heterocycles. The minimum Gasteiger partial charge on any atom is -0.481 e. The van der Waals surface area contributed by atoms with Gasteiger partial charge in [0.2, 0.25) is 5.91 Å². The number of carbonyl (C=O) groups is 2. The second-order valence-corrected chi connectivity index (χ2v) is 4.70. The van der Waals surface area contributed by atoms with Crippen LogP contribution in [0.5, 0.6) is 0 Å². The van der Waals surface area contributed by atoms with E-state index in [4.69, 9.17) is 5.11 Å². The first-order valence-corrected chi connectivity index (χ1v) is 6.02. The van der Waals surface area contributed by atoms with Crippen molar-refractivity contribution in [1.29, 1.82) is 0 Å². The van der Waals surface area contributed by atoms with Crippen molar-refractivity contribution in [2.45, 2.75) is 12.8 Å². The van der Waals surface area contributed by atoms with Crippen LogP contribution in [0.4, 0.5) is 13.2 Å². The van der Waals surface area contributed by atoms with Gasteiger partial charge >= 0.3 is 5.97 Å². The number of amides is 1. The molecule has 1 aromatic carbocycles. The van der Waals surface area contributed by atoms with E-state index in [-0.39, 0.29) is 18.7 Å². The van der Waals surface area contributed by atoms with Gasteiger partial charge < -0.3 is 10.0 Å². The minimum absolute atomic E-state index is 0.0550. The second kappa shape index (κ2) is 5.52. The Labute approximate surface area is 112 Å². The fourth-order valence-electron chi connectivity index (χ4n) is 2.16. The van der Waals surface area contributed by atoms with Crippen molar-refractivity contribution >= 4 is 11.9 Å². The molecule has 1 heterocycles. The lowest BCUT2D eigenvalue weighted by atomic mass is 10.1. The van der Waals surface area contributed by atoms with Gasteiger partial charge in [0.1, 0.15) is 5.82 Å². The Kier molecular flexibility index (Phi) is 3.96. The highest BCUT2D eigenvalue weighted by molar-refractivity contribution is 5.80. The molecule has 1 atom stereocenters. The Morgan fingerprint density at radius 1 is 1.20 bits per heavy atom. The van der Waals surface area contributed by atoms with E-state index in [1.54, 1.807) is 0 Å². The summed E-state index contributed by atoms with van der Waals surface area (Å²) in [5.74, 6) is -5.65. The van der Waals surface area contributed by atoms with Gasteiger partial charge in [0.05, 0.1) is 12.3 Å². The van der Waals surface area contributed by atoms with E-state index in [1.165, 1.54) is 4.90 Å². The van der Waals surface area contributed by atoms with E-state index in [2.05, 4.69) is 0 Å². The molecule has 1 aliphatic heterocycles. The Morgan fingerprint density at radius 2 is 1.85 bits per heavy atom. The van der Waals surface area contributed by atoms with E-state index in [0.717, 1.165) is 0 Å². The summed E-state index contributed by atoms with van der Waals surface area (Å²) in [4.78, 5) is 23.9. The van der Waals surface area contributed by atoms with Crippen LogP contribution in [0.1, 0.15) is 12.0 Å². The number of nitrogens with zero attached hydrogens (tertiary/aromatic N) is 1. The van der Waals surface area contributed by atoms with Crippen molar-refractivity contribution in [3.8, 4) is 0 Å². The van der Waals surface area contributed by atoms with Crippen molar-refractivity contribution in [3.63, 3.8) is 0 Å². The number of carboxylic acid groups (broad SMARTS) is 1. The molecule has 1 N–H and O–H groups in total. The lowest BCUT2D eigenvalue weighted by Crippen LogP contribution is -2.31.